The minimum atomic E-state index is 0.644. The number of hydrogen-bond donors (Lipinski definition) is 2. The number of benzene rings is 1. The van der Waals surface area contributed by atoms with Crippen molar-refractivity contribution in [3.8, 4) is 0 Å². The van der Waals surface area contributed by atoms with Crippen molar-refractivity contribution in [3.63, 3.8) is 0 Å². The highest BCUT2D eigenvalue weighted by Crippen LogP contribution is 2.21. The van der Waals surface area contributed by atoms with Crippen molar-refractivity contribution in [2.45, 2.75) is 44.6 Å². The van der Waals surface area contributed by atoms with Gasteiger partial charge < -0.3 is 15.5 Å². The second kappa shape index (κ2) is 6.98. The molecule has 2 saturated heterocycles. The molecule has 0 radical (unpaired) electrons. The van der Waals surface area contributed by atoms with Crippen molar-refractivity contribution in [3.05, 3.63) is 24.3 Å². The fourth-order valence-electron chi connectivity index (χ4n) is 3.28. The van der Waals surface area contributed by atoms with Crippen LogP contribution in [0.15, 0.2) is 24.3 Å². The van der Waals surface area contributed by atoms with Gasteiger partial charge >= 0.3 is 0 Å². The fourth-order valence-corrected chi connectivity index (χ4v) is 3.28. The number of rotatable bonds is 4. The van der Waals surface area contributed by atoms with Gasteiger partial charge in [-0.15, -0.1) is 0 Å². The van der Waals surface area contributed by atoms with Crippen LogP contribution in [0.2, 0.25) is 0 Å². The van der Waals surface area contributed by atoms with Crippen LogP contribution in [0.3, 0.4) is 0 Å². The molecule has 0 bridgehead atoms. The monoisotopic (exact) mass is 273 g/mol. The van der Waals surface area contributed by atoms with Crippen molar-refractivity contribution in [1.29, 1.82) is 0 Å². The Kier molecular flexibility index (Phi) is 4.80. The maximum Gasteiger partial charge on any atom is 0.0367 e. The first-order valence-electron chi connectivity index (χ1n) is 8.24. The summed E-state index contributed by atoms with van der Waals surface area (Å²) in [6.45, 7) is 4.67. The van der Waals surface area contributed by atoms with Crippen LogP contribution in [0.5, 0.6) is 0 Å². The lowest BCUT2D eigenvalue weighted by molar-refractivity contribution is 0.414. The number of hydrogen-bond acceptors (Lipinski definition) is 3. The van der Waals surface area contributed by atoms with E-state index in [4.69, 9.17) is 0 Å². The number of nitrogens with zero attached hydrogens (tertiary/aromatic N) is 1. The van der Waals surface area contributed by atoms with Crippen molar-refractivity contribution < 1.29 is 0 Å². The highest BCUT2D eigenvalue weighted by molar-refractivity contribution is 5.55. The predicted molar refractivity (Wildman–Crippen MR) is 86.6 cm³/mol. The van der Waals surface area contributed by atoms with Gasteiger partial charge in [0.2, 0.25) is 0 Å². The molecule has 2 aliphatic rings. The van der Waals surface area contributed by atoms with E-state index in [1.807, 2.05) is 0 Å². The van der Waals surface area contributed by atoms with E-state index in [1.165, 1.54) is 69.5 Å². The predicted octanol–water partition coefficient (Wildman–Crippen LogP) is 3.23. The number of anilines is 2. The Labute approximate surface area is 122 Å². The van der Waals surface area contributed by atoms with E-state index in [0.717, 1.165) is 6.54 Å². The summed E-state index contributed by atoms with van der Waals surface area (Å²) in [5.41, 5.74) is 2.63. The molecule has 1 atom stereocenters. The molecular formula is C17H27N3. The van der Waals surface area contributed by atoms with Crippen molar-refractivity contribution in [1.82, 2.24) is 5.32 Å². The summed E-state index contributed by atoms with van der Waals surface area (Å²) in [7, 11) is 0. The molecule has 2 aliphatic heterocycles. The summed E-state index contributed by atoms with van der Waals surface area (Å²) in [5, 5.41) is 7.15. The van der Waals surface area contributed by atoms with Gasteiger partial charge in [-0.2, -0.15) is 0 Å². The molecule has 2 heterocycles. The molecule has 0 spiro atoms. The van der Waals surface area contributed by atoms with Gasteiger partial charge in [0.15, 0.2) is 0 Å². The average molecular weight is 273 g/mol. The van der Waals surface area contributed by atoms with E-state index in [0.29, 0.717) is 6.04 Å². The largest absolute Gasteiger partial charge is 0.383 e. The third kappa shape index (κ3) is 3.66. The molecule has 2 fully saturated rings. The zero-order valence-electron chi connectivity index (χ0n) is 12.4. The first kappa shape index (κ1) is 13.7. The van der Waals surface area contributed by atoms with Crippen molar-refractivity contribution in [2.24, 2.45) is 0 Å². The molecule has 1 unspecified atom stereocenters. The first-order chi connectivity index (χ1) is 9.92. The summed E-state index contributed by atoms with van der Waals surface area (Å²) in [4.78, 5) is 2.51. The normalized spacial score (nSPS) is 23.6. The molecule has 0 aliphatic carbocycles. The Balaban J connectivity index is 1.50. The molecule has 0 aromatic heterocycles. The number of nitrogens with one attached hydrogen (secondary N) is 2. The molecule has 3 heteroatoms. The minimum Gasteiger partial charge on any atom is -0.383 e. The maximum atomic E-state index is 3.58. The molecule has 1 aromatic rings. The van der Waals surface area contributed by atoms with E-state index in [-0.39, 0.29) is 0 Å². The van der Waals surface area contributed by atoms with Crippen LogP contribution in [0, 0.1) is 0 Å². The summed E-state index contributed by atoms with van der Waals surface area (Å²) in [5.74, 6) is 0. The van der Waals surface area contributed by atoms with E-state index >= 15 is 0 Å². The van der Waals surface area contributed by atoms with Gasteiger partial charge in [0.1, 0.15) is 0 Å². The van der Waals surface area contributed by atoms with E-state index < -0.39 is 0 Å². The maximum absolute atomic E-state index is 3.58. The van der Waals surface area contributed by atoms with Crippen LogP contribution < -0.4 is 15.5 Å². The Morgan fingerprint density at radius 3 is 2.50 bits per heavy atom. The van der Waals surface area contributed by atoms with E-state index in [1.54, 1.807) is 0 Å². The highest BCUT2D eigenvalue weighted by atomic mass is 15.1. The lowest BCUT2D eigenvalue weighted by Gasteiger charge is -2.29. The quantitative estimate of drug-likeness (QED) is 0.882. The van der Waals surface area contributed by atoms with Crippen molar-refractivity contribution >= 4 is 11.4 Å². The molecule has 3 rings (SSSR count). The molecule has 0 amide bonds. The lowest BCUT2D eigenvalue weighted by atomic mass is 10.1. The second-order valence-corrected chi connectivity index (χ2v) is 6.12. The molecule has 1 aromatic carbocycles. The van der Waals surface area contributed by atoms with Crippen LogP contribution in [0.4, 0.5) is 11.4 Å². The van der Waals surface area contributed by atoms with Gasteiger partial charge in [-0.3, -0.25) is 0 Å². The Morgan fingerprint density at radius 2 is 1.80 bits per heavy atom. The fraction of sp³-hybridized carbons (Fsp3) is 0.647. The molecule has 20 heavy (non-hydrogen) atoms. The molecule has 3 nitrogen and oxygen atoms in total. The van der Waals surface area contributed by atoms with E-state index in [2.05, 4.69) is 39.8 Å². The standard InChI is InChI=1S/C17H27N3/c1-4-12-20(13-5-1)17-9-7-15(8-10-17)19-14-16-6-2-3-11-18-16/h7-10,16,18-19H,1-6,11-14H2. The van der Waals surface area contributed by atoms with Crippen LogP contribution in [0.25, 0.3) is 0 Å². The summed E-state index contributed by atoms with van der Waals surface area (Å²) in [6, 6.07) is 9.63. The number of piperidine rings is 2. The molecular weight excluding hydrogens is 246 g/mol. The van der Waals surface area contributed by atoms with Gasteiger partial charge in [0, 0.05) is 37.1 Å². The van der Waals surface area contributed by atoms with Gasteiger partial charge in [-0.25, -0.2) is 0 Å². The minimum absolute atomic E-state index is 0.644. The van der Waals surface area contributed by atoms with Gasteiger partial charge in [0.05, 0.1) is 0 Å². The Hall–Kier alpha value is -1.22. The van der Waals surface area contributed by atoms with Crippen molar-refractivity contribution in [2.75, 3.05) is 36.4 Å². The van der Waals surface area contributed by atoms with Gasteiger partial charge in [-0.1, -0.05) is 6.42 Å². The smallest absolute Gasteiger partial charge is 0.0367 e. The third-order valence-electron chi connectivity index (χ3n) is 4.55. The zero-order valence-corrected chi connectivity index (χ0v) is 12.4. The third-order valence-corrected chi connectivity index (χ3v) is 4.55. The molecule has 0 saturated carbocycles. The Morgan fingerprint density at radius 1 is 1.00 bits per heavy atom. The molecule has 110 valence electrons. The topological polar surface area (TPSA) is 27.3 Å². The molecule has 2 N–H and O–H groups in total. The summed E-state index contributed by atoms with van der Waals surface area (Å²) in [6.07, 6.45) is 8.08. The average Bonchev–Trinajstić information content (AvgIpc) is 2.55. The summed E-state index contributed by atoms with van der Waals surface area (Å²) >= 11 is 0. The highest BCUT2D eigenvalue weighted by Gasteiger charge is 2.12. The van der Waals surface area contributed by atoms with Crippen LogP contribution >= 0.6 is 0 Å². The van der Waals surface area contributed by atoms with E-state index in [9.17, 15) is 0 Å². The second-order valence-electron chi connectivity index (χ2n) is 6.12. The lowest BCUT2D eigenvalue weighted by Crippen LogP contribution is -2.39. The first-order valence-corrected chi connectivity index (χ1v) is 8.24. The zero-order chi connectivity index (χ0) is 13.6. The van der Waals surface area contributed by atoms with Crippen LogP contribution in [0.1, 0.15) is 38.5 Å². The summed E-state index contributed by atoms with van der Waals surface area (Å²) < 4.78 is 0. The SMILES string of the molecule is c1cc(N2CCCCC2)ccc1NCC1CCCCN1. The van der Waals surface area contributed by atoms with Crippen LogP contribution in [-0.4, -0.2) is 32.2 Å². The van der Waals surface area contributed by atoms with Gasteiger partial charge in [0.25, 0.3) is 0 Å². The Bertz CT molecular complexity index is 389. The van der Waals surface area contributed by atoms with Crippen LogP contribution in [-0.2, 0) is 0 Å². The van der Waals surface area contributed by atoms with Gasteiger partial charge in [-0.05, 0) is 62.9 Å².